The van der Waals surface area contributed by atoms with Crippen LogP contribution in [0.25, 0.3) is 12.2 Å². The van der Waals surface area contributed by atoms with Gasteiger partial charge in [-0.1, -0.05) is 60.1 Å². The molecule has 0 unspecified atom stereocenters. The lowest BCUT2D eigenvalue weighted by Crippen LogP contribution is -2.37. The molecular weight excluding hydrogens is 410 g/mol. The van der Waals surface area contributed by atoms with Gasteiger partial charge in [0, 0.05) is 22.9 Å². The Balaban J connectivity index is 1.51. The molecule has 0 aliphatic carbocycles. The summed E-state index contributed by atoms with van der Waals surface area (Å²) in [7, 11) is 0. The highest BCUT2D eigenvalue weighted by Crippen LogP contribution is 2.25. The fraction of sp³-hybridized carbons (Fsp3) is 0.0800. The fourth-order valence-electron chi connectivity index (χ4n) is 3.21. The van der Waals surface area contributed by atoms with Gasteiger partial charge >= 0.3 is 0 Å². The van der Waals surface area contributed by atoms with E-state index in [4.69, 9.17) is 11.6 Å². The van der Waals surface area contributed by atoms with Crippen LogP contribution in [0.3, 0.4) is 0 Å². The van der Waals surface area contributed by atoms with Crippen LogP contribution in [0.5, 0.6) is 0 Å². The summed E-state index contributed by atoms with van der Waals surface area (Å²) in [6.07, 6.45) is 5.44. The van der Waals surface area contributed by atoms with Crippen molar-refractivity contribution in [3.8, 4) is 0 Å². The van der Waals surface area contributed by atoms with Gasteiger partial charge in [0.2, 0.25) is 0 Å². The van der Waals surface area contributed by atoms with Crippen LogP contribution in [0.15, 0.2) is 82.5 Å². The van der Waals surface area contributed by atoms with Gasteiger partial charge in [-0.15, -0.1) is 0 Å². The van der Waals surface area contributed by atoms with Gasteiger partial charge in [0.1, 0.15) is 11.4 Å². The molecule has 0 aliphatic heterocycles. The van der Waals surface area contributed by atoms with Gasteiger partial charge in [-0.3, -0.25) is 14.6 Å². The molecule has 0 saturated heterocycles. The zero-order valence-electron chi connectivity index (χ0n) is 16.8. The van der Waals surface area contributed by atoms with E-state index in [9.17, 15) is 9.59 Å². The van der Waals surface area contributed by atoms with E-state index >= 15 is 0 Å². The minimum absolute atomic E-state index is 0.111. The van der Waals surface area contributed by atoms with Crippen LogP contribution in [-0.2, 0) is 0 Å². The van der Waals surface area contributed by atoms with Crippen LogP contribution in [-0.4, -0.2) is 4.98 Å². The second-order valence-corrected chi connectivity index (χ2v) is 7.60. The van der Waals surface area contributed by atoms with Crippen molar-refractivity contribution >= 4 is 40.8 Å². The Morgan fingerprint density at radius 2 is 1.61 bits per heavy atom. The van der Waals surface area contributed by atoms with Crippen molar-refractivity contribution in [1.82, 2.24) is 4.98 Å². The molecule has 2 N–H and O–H groups in total. The molecule has 4 rings (SSSR count). The van der Waals surface area contributed by atoms with Crippen LogP contribution < -0.4 is 21.5 Å². The van der Waals surface area contributed by atoms with Gasteiger partial charge in [-0.05, 0) is 48.4 Å². The molecule has 0 aliphatic rings. The third-order valence-corrected chi connectivity index (χ3v) is 5.19. The Morgan fingerprint density at radius 3 is 2.35 bits per heavy atom. The number of aromatic nitrogens is 1. The van der Waals surface area contributed by atoms with Crippen LogP contribution in [0, 0.1) is 0 Å². The summed E-state index contributed by atoms with van der Waals surface area (Å²) in [5, 5.41) is 6.90. The standard InChI is InChI=1S/C25H20ClN3O2/c1-16(18-5-3-2-4-6-18)28-22-23(25(31)24(22)30)29-21-13-14-27-20(15-21)12-9-17-7-10-19(26)11-8-17/h2-16,28H,1H3,(H,27,29)/b12-9+/t16-/m1/s1. The van der Waals surface area contributed by atoms with Gasteiger partial charge in [-0.2, -0.15) is 0 Å². The number of nitrogens with one attached hydrogen (secondary N) is 2. The molecule has 154 valence electrons. The summed E-state index contributed by atoms with van der Waals surface area (Å²) in [6, 6.07) is 20.7. The Hall–Kier alpha value is -3.70. The van der Waals surface area contributed by atoms with E-state index < -0.39 is 10.9 Å². The monoisotopic (exact) mass is 429 g/mol. The normalized spacial score (nSPS) is 12.2. The zero-order chi connectivity index (χ0) is 21.8. The van der Waals surface area contributed by atoms with Crippen molar-refractivity contribution in [2.45, 2.75) is 13.0 Å². The van der Waals surface area contributed by atoms with Gasteiger partial charge in [0.25, 0.3) is 10.9 Å². The van der Waals surface area contributed by atoms with E-state index in [1.165, 1.54) is 0 Å². The number of anilines is 3. The van der Waals surface area contributed by atoms with Gasteiger partial charge < -0.3 is 10.6 Å². The molecule has 0 amide bonds. The third-order valence-electron chi connectivity index (χ3n) is 4.94. The second-order valence-electron chi connectivity index (χ2n) is 7.16. The van der Waals surface area contributed by atoms with Crippen molar-refractivity contribution in [3.05, 3.63) is 115 Å². The third kappa shape index (κ3) is 4.73. The molecule has 1 heterocycles. The summed E-state index contributed by atoms with van der Waals surface area (Å²) in [5.74, 6) is 0. The molecule has 0 radical (unpaired) electrons. The van der Waals surface area contributed by atoms with Crippen molar-refractivity contribution in [2.75, 3.05) is 10.6 Å². The average molecular weight is 430 g/mol. The molecule has 4 aromatic rings. The topological polar surface area (TPSA) is 71.1 Å². The maximum atomic E-state index is 12.2. The first-order valence-corrected chi connectivity index (χ1v) is 10.2. The molecule has 0 saturated carbocycles. The molecule has 1 atom stereocenters. The predicted molar refractivity (Wildman–Crippen MR) is 128 cm³/mol. The first kappa shape index (κ1) is 20.6. The number of benzene rings is 2. The Bertz CT molecular complexity index is 1290. The van der Waals surface area contributed by atoms with Crippen molar-refractivity contribution in [2.24, 2.45) is 0 Å². The lowest BCUT2D eigenvalue weighted by molar-refractivity contribution is 0.880. The first-order chi connectivity index (χ1) is 15.0. The SMILES string of the molecule is C[C@@H](Nc1c(Nc2ccnc(/C=C/c3ccc(Cl)cc3)c2)c(=O)c1=O)c1ccccc1. The zero-order valence-corrected chi connectivity index (χ0v) is 17.6. The minimum atomic E-state index is -0.530. The largest absolute Gasteiger partial charge is 0.373 e. The smallest absolute Gasteiger partial charge is 0.253 e. The van der Waals surface area contributed by atoms with E-state index in [2.05, 4.69) is 15.6 Å². The molecule has 1 aromatic heterocycles. The molecule has 6 heteroatoms. The van der Waals surface area contributed by atoms with Crippen LogP contribution in [0.4, 0.5) is 17.1 Å². The summed E-state index contributed by atoms with van der Waals surface area (Å²) in [5.41, 5.74) is 2.94. The van der Waals surface area contributed by atoms with E-state index in [1.54, 1.807) is 12.3 Å². The van der Waals surface area contributed by atoms with Crippen LogP contribution in [0.2, 0.25) is 5.02 Å². The number of hydrogen-bond acceptors (Lipinski definition) is 5. The molecule has 0 fully saturated rings. The molecule has 3 aromatic carbocycles. The van der Waals surface area contributed by atoms with Crippen LogP contribution in [0.1, 0.15) is 29.8 Å². The predicted octanol–water partition coefficient (Wildman–Crippen LogP) is 5.42. The molecule has 0 bridgehead atoms. The highest BCUT2D eigenvalue weighted by molar-refractivity contribution is 6.30. The van der Waals surface area contributed by atoms with Crippen molar-refractivity contribution < 1.29 is 0 Å². The van der Waals surface area contributed by atoms with Gasteiger partial charge in [-0.25, -0.2) is 0 Å². The lowest BCUT2D eigenvalue weighted by Gasteiger charge is -2.20. The number of rotatable bonds is 7. The summed E-state index contributed by atoms with van der Waals surface area (Å²) >= 11 is 5.91. The summed E-state index contributed by atoms with van der Waals surface area (Å²) < 4.78 is 0. The number of pyridine rings is 1. The average Bonchev–Trinajstić information content (AvgIpc) is 2.81. The summed E-state index contributed by atoms with van der Waals surface area (Å²) in [4.78, 5) is 28.6. The van der Waals surface area contributed by atoms with Gasteiger partial charge in [0.05, 0.1) is 5.69 Å². The number of nitrogens with zero attached hydrogens (tertiary/aromatic N) is 1. The van der Waals surface area contributed by atoms with Crippen molar-refractivity contribution in [1.29, 1.82) is 0 Å². The van der Waals surface area contributed by atoms with E-state index in [0.29, 0.717) is 22.1 Å². The van der Waals surface area contributed by atoms with Gasteiger partial charge in [0.15, 0.2) is 0 Å². The van der Waals surface area contributed by atoms with E-state index in [-0.39, 0.29) is 11.7 Å². The molecule has 31 heavy (non-hydrogen) atoms. The highest BCUT2D eigenvalue weighted by atomic mass is 35.5. The van der Waals surface area contributed by atoms with E-state index in [0.717, 1.165) is 11.1 Å². The van der Waals surface area contributed by atoms with Crippen molar-refractivity contribution in [3.63, 3.8) is 0 Å². The van der Waals surface area contributed by atoms with Crippen LogP contribution >= 0.6 is 11.6 Å². The Labute approximate surface area is 184 Å². The quantitative estimate of drug-likeness (QED) is 0.384. The molecule has 0 spiro atoms. The number of halogens is 1. The molecular formula is C25H20ClN3O2. The second kappa shape index (κ2) is 8.98. The maximum absolute atomic E-state index is 12.2. The highest BCUT2D eigenvalue weighted by Gasteiger charge is 2.22. The molecule has 5 nitrogen and oxygen atoms in total. The lowest BCUT2D eigenvalue weighted by atomic mass is 10.1. The summed E-state index contributed by atoms with van der Waals surface area (Å²) in [6.45, 7) is 1.95. The van der Waals surface area contributed by atoms with E-state index in [1.807, 2.05) is 79.7 Å². The first-order valence-electron chi connectivity index (χ1n) is 9.83. The maximum Gasteiger partial charge on any atom is 0.253 e. The number of hydrogen-bond donors (Lipinski definition) is 2. The Morgan fingerprint density at radius 1 is 0.903 bits per heavy atom. The minimum Gasteiger partial charge on any atom is -0.373 e. The fourth-order valence-corrected chi connectivity index (χ4v) is 3.33. The Kier molecular flexibility index (Phi) is 5.96.